The maximum atomic E-state index is 5.17. The smallest absolute Gasteiger partial charge is 0.118 e. The van der Waals surface area contributed by atoms with Crippen molar-refractivity contribution in [2.75, 3.05) is 19.1 Å². The molecule has 0 saturated carbocycles. The zero-order valence-corrected chi connectivity index (χ0v) is 15.3. The molecule has 0 aliphatic carbocycles. The van der Waals surface area contributed by atoms with Gasteiger partial charge in [0.1, 0.15) is 5.75 Å². The normalized spacial score (nSPS) is 10.1. The first-order valence-corrected chi connectivity index (χ1v) is 8.51. The molecule has 0 aromatic heterocycles. The van der Waals surface area contributed by atoms with Crippen LogP contribution in [-0.4, -0.2) is 14.2 Å². The van der Waals surface area contributed by atoms with Gasteiger partial charge in [0.15, 0.2) is 0 Å². The van der Waals surface area contributed by atoms with E-state index in [0.717, 1.165) is 15.9 Å². The lowest BCUT2D eigenvalue weighted by Gasteiger charge is -2.15. The minimum atomic E-state index is 0.709. The summed E-state index contributed by atoms with van der Waals surface area (Å²) in [5, 5.41) is 2.38. The van der Waals surface area contributed by atoms with Crippen molar-refractivity contribution in [3.05, 3.63) is 70.7 Å². The van der Waals surface area contributed by atoms with Crippen LogP contribution >= 0.6 is 15.9 Å². The second-order valence-corrected chi connectivity index (χ2v) is 6.34. The summed E-state index contributed by atoms with van der Waals surface area (Å²) >= 11 is 3.65. The van der Waals surface area contributed by atoms with Gasteiger partial charge in [0.2, 0.25) is 0 Å². The Labute approximate surface area is 151 Å². The molecule has 0 fully saturated rings. The lowest BCUT2D eigenvalue weighted by molar-refractivity contribution is 0.414. The van der Waals surface area contributed by atoms with Crippen molar-refractivity contribution in [1.29, 1.82) is 0 Å². The largest absolute Gasteiger partial charge is 0.497 e. The summed E-state index contributed by atoms with van der Waals surface area (Å²) in [6.07, 6.45) is 0.709. The number of ether oxygens (including phenoxy) is 1. The number of halogens is 1. The minimum Gasteiger partial charge on any atom is -0.497 e. The summed E-state index contributed by atoms with van der Waals surface area (Å²) in [4.78, 5) is 1.98. The maximum Gasteiger partial charge on any atom is 0.118 e. The standard InChI is InChI=1S/C21H18BrNO/c1-23(15-5-6-16-11-13-18(24-2)14-12-16)20-10-4-8-17-7-3-9-19(22)21(17)20/h3-4,7-14H,6H2,1-2H3. The molecule has 0 unspecified atom stereocenters. The molecule has 24 heavy (non-hydrogen) atoms. The molecule has 0 amide bonds. The highest BCUT2D eigenvalue weighted by molar-refractivity contribution is 9.10. The molecule has 3 aromatic rings. The van der Waals surface area contributed by atoms with E-state index < -0.39 is 0 Å². The topological polar surface area (TPSA) is 12.5 Å². The van der Waals surface area contributed by atoms with E-state index in [0.29, 0.717) is 6.42 Å². The molecule has 3 rings (SSSR count). The van der Waals surface area contributed by atoms with E-state index in [9.17, 15) is 0 Å². The zero-order valence-electron chi connectivity index (χ0n) is 13.7. The molecule has 0 radical (unpaired) electrons. The minimum absolute atomic E-state index is 0.709. The molecule has 3 heteroatoms. The lowest BCUT2D eigenvalue weighted by atomic mass is 10.1. The van der Waals surface area contributed by atoms with Gasteiger partial charge >= 0.3 is 0 Å². The van der Waals surface area contributed by atoms with Gasteiger partial charge in [0, 0.05) is 29.4 Å². The Balaban J connectivity index is 1.82. The van der Waals surface area contributed by atoms with Crippen molar-refractivity contribution in [3.63, 3.8) is 0 Å². The van der Waals surface area contributed by atoms with E-state index in [-0.39, 0.29) is 0 Å². The van der Waals surface area contributed by atoms with Gasteiger partial charge in [-0.2, -0.15) is 0 Å². The fourth-order valence-corrected chi connectivity index (χ4v) is 3.20. The number of anilines is 1. The third-order valence-electron chi connectivity index (χ3n) is 3.89. The second kappa shape index (κ2) is 7.42. The average molecular weight is 380 g/mol. The Morgan fingerprint density at radius 3 is 2.42 bits per heavy atom. The molecule has 3 aromatic carbocycles. The molecule has 120 valence electrons. The Kier molecular flexibility index (Phi) is 5.08. The van der Waals surface area contributed by atoms with E-state index in [1.54, 1.807) is 7.11 Å². The number of fused-ring (bicyclic) bond motifs is 1. The number of methoxy groups -OCH3 is 1. The highest BCUT2D eigenvalue weighted by Gasteiger charge is 2.07. The van der Waals surface area contributed by atoms with Gasteiger partial charge in [-0.25, -0.2) is 0 Å². The van der Waals surface area contributed by atoms with Gasteiger partial charge in [-0.3, -0.25) is 0 Å². The molecule has 2 nitrogen and oxygen atoms in total. The first-order chi connectivity index (χ1) is 11.7. The Morgan fingerprint density at radius 2 is 1.71 bits per heavy atom. The summed E-state index contributed by atoms with van der Waals surface area (Å²) < 4.78 is 6.26. The van der Waals surface area contributed by atoms with Gasteiger partial charge in [0.25, 0.3) is 0 Å². The quantitative estimate of drug-likeness (QED) is 0.455. The Bertz CT molecular complexity index is 901. The van der Waals surface area contributed by atoms with E-state index in [1.807, 2.05) is 42.3 Å². The summed E-state index contributed by atoms with van der Waals surface area (Å²) in [5.41, 5.74) is 2.28. The molecule has 0 N–H and O–H groups in total. The van der Waals surface area contributed by atoms with Crippen LogP contribution in [-0.2, 0) is 6.42 Å². The van der Waals surface area contributed by atoms with Crippen molar-refractivity contribution in [2.45, 2.75) is 6.42 Å². The van der Waals surface area contributed by atoms with Crippen LogP contribution in [0.3, 0.4) is 0 Å². The van der Waals surface area contributed by atoms with Crippen LogP contribution in [0.2, 0.25) is 0 Å². The highest BCUT2D eigenvalue weighted by atomic mass is 79.9. The van der Waals surface area contributed by atoms with E-state index in [1.165, 1.54) is 16.3 Å². The number of benzene rings is 3. The van der Waals surface area contributed by atoms with Gasteiger partial charge in [-0.15, -0.1) is 0 Å². The van der Waals surface area contributed by atoms with Gasteiger partial charge in [-0.05, 0) is 35.2 Å². The van der Waals surface area contributed by atoms with Crippen LogP contribution < -0.4 is 9.64 Å². The molecule has 0 saturated heterocycles. The van der Waals surface area contributed by atoms with Crippen LogP contribution in [0.15, 0.2) is 65.1 Å². The molecular formula is C21H18BrNO. The van der Waals surface area contributed by atoms with Crippen LogP contribution in [0.1, 0.15) is 5.56 Å². The third kappa shape index (κ3) is 3.55. The van der Waals surface area contributed by atoms with Crippen molar-refractivity contribution in [1.82, 2.24) is 0 Å². The maximum absolute atomic E-state index is 5.17. The van der Waals surface area contributed by atoms with Crippen molar-refractivity contribution < 1.29 is 4.74 Å². The first-order valence-electron chi connectivity index (χ1n) is 7.71. The van der Waals surface area contributed by atoms with E-state index >= 15 is 0 Å². The molecular weight excluding hydrogens is 362 g/mol. The Hall–Kier alpha value is -2.44. The van der Waals surface area contributed by atoms with Crippen molar-refractivity contribution >= 4 is 32.4 Å². The van der Waals surface area contributed by atoms with Crippen LogP contribution in [0.4, 0.5) is 5.69 Å². The van der Waals surface area contributed by atoms with Crippen molar-refractivity contribution in [3.8, 4) is 17.7 Å². The predicted octanol–water partition coefficient (Wildman–Crippen LogP) is 5.25. The van der Waals surface area contributed by atoms with Gasteiger partial charge < -0.3 is 9.64 Å². The number of hydrogen-bond donors (Lipinski definition) is 0. The number of rotatable bonds is 3. The first kappa shape index (κ1) is 16.4. The summed E-state index contributed by atoms with van der Waals surface area (Å²) in [7, 11) is 3.67. The molecule has 0 heterocycles. The molecule has 0 atom stereocenters. The summed E-state index contributed by atoms with van der Waals surface area (Å²) in [6.45, 7) is 0. The number of hydrogen-bond acceptors (Lipinski definition) is 2. The molecule has 0 aliphatic heterocycles. The average Bonchev–Trinajstić information content (AvgIpc) is 2.62. The third-order valence-corrected chi connectivity index (χ3v) is 4.55. The Morgan fingerprint density at radius 1 is 1.00 bits per heavy atom. The lowest BCUT2D eigenvalue weighted by Crippen LogP contribution is -2.09. The number of nitrogens with zero attached hydrogens (tertiary/aromatic N) is 1. The molecule has 0 bridgehead atoms. The molecule has 0 aliphatic rings. The van der Waals surface area contributed by atoms with Crippen molar-refractivity contribution in [2.24, 2.45) is 0 Å². The molecule has 0 spiro atoms. The fraction of sp³-hybridized carbons (Fsp3) is 0.143. The van der Waals surface area contributed by atoms with E-state index in [4.69, 9.17) is 4.74 Å². The zero-order chi connectivity index (χ0) is 16.9. The monoisotopic (exact) mass is 379 g/mol. The van der Waals surface area contributed by atoms with Gasteiger partial charge in [-0.1, -0.05) is 58.2 Å². The van der Waals surface area contributed by atoms with E-state index in [2.05, 4.69) is 58.2 Å². The summed E-state index contributed by atoms with van der Waals surface area (Å²) in [6, 6.07) is 23.7. The predicted molar refractivity (Wildman–Crippen MR) is 105 cm³/mol. The van der Waals surface area contributed by atoms with Gasteiger partial charge in [0.05, 0.1) is 12.8 Å². The van der Waals surface area contributed by atoms with Crippen LogP contribution in [0, 0.1) is 12.0 Å². The van der Waals surface area contributed by atoms with Crippen LogP contribution in [0.25, 0.3) is 10.8 Å². The SMILES string of the molecule is COc1ccc(CC#CN(C)c2cccc3cccc(Br)c23)cc1. The fourth-order valence-electron chi connectivity index (χ4n) is 2.62. The summed E-state index contributed by atoms with van der Waals surface area (Å²) in [5.74, 6) is 4.11. The highest BCUT2D eigenvalue weighted by Crippen LogP contribution is 2.32. The van der Waals surface area contributed by atoms with Crippen LogP contribution in [0.5, 0.6) is 5.75 Å². The second-order valence-electron chi connectivity index (χ2n) is 5.49.